The van der Waals surface area contributed by atoms with Crippen molar-refractivity contribution in [3.05, 3.63) is 85.1 Å². The lowest BCUT2D eigenvalue weighted by molar-refractivity contribution is -0.870. The second kappa shape index (κ2) is 42.4. The van der Waals surface area contributed by atoms with Crippen LogP contribution in [0.25, 0.3) is 0 Å². The van der Waals surface area contributed by atoms with Gasteiger partial charge in [0.25, 0.3) is 7.82 Å². The van der Waals surface area contributed by atoms with Gasteiger partial charge in [-0.15, -0.1) is 0 Å². The van der Waals surface area contributed by atoms with Gasteiger partial charge in [-0.25, -0.2) is 0 Å². The van der Waals surface area contributed by atoms with Gasteiger partial charge in [0.05, 0.1) is 34.4 Å². The minimum absolute atomic E-state index is 0.0169. The third-order valence-corrected chi connectivity index (χ3v) is 10.4. The maximum Gasteiger partial charge on any atom is 0.306 e. The van der Waals surface area contributed by atoms with E-state index < -0.39 is 13.9 Å². The van der Waals surface area contributed by atoms with Crippen LogP contribution in [0.2, 0.25) is 0 Å². The van der Waals surface area contributed by atoms with Crippen LogP contribution in [-0.2, 0) is 27.9 Å². The van der Waals surface area contributed by atoms with E-state index in [1.165, 1.54) is 38.5 Å². The van der Waals surface area contributed by atoms with Crippen LogP contribution in [0.15, 0.2) is 85.1 Å². The van der Waals surface area contributed by atoms with Gasteiger partial charge in [-0.3, -0.25) is 9.36 Å². The Kier molecular flexibility index (Phi) is 40.7. The minimum Gasteiger partial charge on any atom is -0.756 e. The molecule has 0 aromatic carbocycles. The van der Waals surface area contributed by atoms with E-state index in [1.54, 1.807) is 0 Å². The number of allylic oxidation sites excluding steroid dienone is 14. The number of ether oxygens (including phenoxy) is 2. The molecule has 0 fully saturated rings. The number of phosphoric acid groups is 1. The largest absolute Gasteiger partial charge is 0.756 e. The standard InChI is InChI=1S/C50H88NO7P/c1-6-8-10-12-14-16-18-20-21-22-23-24-25-26-27-28-29-30-32-34-36-38-40-42-45-55-47-49(48-57-59(53,54)56-46-44-51(3,4)5)58-50(52)43-41-39-37-35-33-31-19-17-15-13-11-9-7-2/h8,10-11,13-14,16-17,19-21,23-24,26-27,49H,6-7,9,12,15,18,22,25,28-48H2,1-5H3/b10-8-,13-11-,16-14-,19-17-,21-20-,24-23-,27-26-. The van der Waals surface area contributed by atoms with Gasteiger partial charge >= 0.3 is 5.97 Å². The fourth-order valence-corrected chi connectivity index (χ4v) is 6.57. The number of esters is 1. The second-order valence-corrected chi connectivity index (χ2v) is 17.8. The number of quaternary nitrogens is 1. The average molecular weight is 846 g/mol. The lowest BCUT2D eigenvalue weighted by Crippen LogP contribution is -2.37. The van der Waals surface area contributed by atoms with E-state index >= 15 is 0 Å². The Morgan fingerprint density at radius 1 is 0.542 bits per heavy atom. The topological polar surface area (TPSA) is 94.1 Å². The van der Waals surface area contributed by atoms with Gasteiger partial charge < -0.3 is 27.9 Å². The molecule has 0 aromatic heterocycles. The molecule has 0 aliphatic heterocycles. The highest BCUT2D eigenvalue weighted by atomic mass is 31.2. The van der Waals surface area contributed by atoms with Crippen molar-refractivity contribution in [3.8, 4) is 0 Å². The molecule has 2 unspecified atom stereocenters. The molecular formula is C50H88NO7P. The van der Waals surface area contributed by atoms with E-state index in [2.05, 4.69) is 98.9 Å². The summed E-state index contributed by atoms with van der Waals surface area (Å²) < 4.78 is 34.6. The van der Waals surface area contributed by atoms with Crippen LogP contribution in [0, 0.1) is 0 Å². The highest BCUT2D eigenvalue weighted by Crippen LogP contribution is 2.38. The first kappa shape index (κ1) is 56.7. The number of hydrogen-bond donors (Lipinski definition) is 0. The van der Waals surface area contributed by atoms with Crippen LogP contribution in [0.4, 0.5) is 0 Å². The molecular weight excluding hydrogens is 758 g/mol. The minimum atomic E-state index is -4.54. The van der Waals surface area contributed by atoms with Gasteiger partial charge in [-0.2, -0.15) is 0 Å². The third kappa shape index (κ3) is 46.6. The van der Waals surface area contributed by atoms with Crippen LogP contribution in [0.3, 0.4) is 0 Å². The fraction of sp³-hybridized carbons (Fsp3) is 0.700. The highest BCUT2D eigenvalue weighted by Gasteiger charge is 2.20. The first-order chi connectivity index (χ1) is 28.6. The maximum atomic E-state index is 12.7. The van der Waals surface area contributed by atoms with Crippen LogP contribution in [-0.4, -0.2) is 70.7 Å². The summed E-state index contributed by atoms with van der Waals surface area (Å²) in [6, 6.07) is 0. The monoisotopic (exact) mass is 846 g/mol. The average Bonchev–Trinajstić information content (AvgIpc) is 3.19. The van der Waals surface area contributed by atoms with Crippen molar-refractivity contribution < 1.29 is 37.3 Å². The van der Waals surface area contributed by atoms with E-state index in [0.717, 1.165) is 109 Å². The first-order valence-electron chi connectivity index (χ1n) is 23.3. The maximum absolute atomic E-state index is 12.7. The molecule has 0 N–H and O–H groups in total. The van der Waals surface area contributed by atoms with Crippen molar-refractivity contribution >= 4 is 13.8 Å². The van der Waals surface area contributed by atoms with Gasteiger partial charge in [-0.05, 0) is 83.5 Å². The van der Waals surface area contributed by atoms with Crippen molar-refractivity contribution in [2.75, 3.05) is 54.1 Å². The Hall–Kier alpha value is -2.32. The zero-order valence-electron chi connectivity index (χ0n) is 38.4. The molecule has 0 rings (SSSR count). The summed E-state index contributed by atoms with van der Waals surface area (Å²) in [7, 11) is 1.33. The highest BCUT2D eigenvalue weighted by molar-refractivity contribution is 7.45. The van der Waals surface area contributed by atoms with E-state index in [0.29, 0.717) is 24.1 Å². The molecule has 0 saturated carbocycles. The summed E-state index contributed by atoms with van der Waals surface area (Å²) in [4.78, 5) is 25.1. The van der Waals surface area contributed by atoms with Gasteiger partial charge in [0.2, 0.25) is 0 Å². The summed E-state index contributed by atoms with van der Waals surface area (Å²) in [5.41, 5.74) is 0. The number of hydrogen-bond acceptors (Lipinski definition) is 7. The molecule has 2 atom stereocenters. The zero-order chi connectivity index (χ0) is 43.4. The Balaban J connectivity index is 4.20. The summed E-state index contributed by atoms with van der Waals surface area (Å²) in [6.07, 6.45) is 56.0. The third-order valence-electron chi connectivity index (χ3n) is 9.41. The molecule has 0 saturated heterocycles. The second-order valence-electron chi connectivity index (χ2n) is 16.4. The Morgan fingerprint density at radius 2 is 0.983 bits per heavy atom. The molecule has 0 spiro atoms. The van der Waals surface area contributed by atoms with Gasteiger partial charge in [0, 0.05) is 13.0 Å². The van der Waals surface area contributed by atoms with Crippen LogP contribution < -0.4 is 4.89 Å². The van der Waals surface area contributed by atoms with Crippen molar-refractivity contribution in [2.45, 2.75) is 174 Å². The Labute approximate surface area is 363 Å². The molecule has 9 heteroatoms. The van der Waals surface area contributed by atoms with Crippen LogP contribution >= 0.6 is 7.82 Å². The number of carbonyl (C=O) groups excluding carboxylic acids is 1. The van der Waals surface area contributed by atoms with E-state index in [9.17, 15) is 14.3 Å². The molecule has 0 aliphatic carbocycles. The normalized spacial score (nSPS) is 14.5. The molecule has 0 aliphatic rings. The Bertz CT molecular complexity index is 1210. The van der Waals surface area contributed by atoms with Gasteiger partial charge in [0.15, 0.2) is 0 Å². The molecule has 0 aromatic rings. The van der Waals surface area contributed by atoms with Crippen molar-refractivity contribution in [1.29, 1.82) is 0 Å². The summed E-state index contributed by atoms with van der Waals surface area (Å²) in [5.74, 6) is -0.356. The lowest BCUT2D eigenvalue weighted by Gasteiger charge is -2.28. The predicted octanol–water partition coefficient (Wildman–Crippen LogP) is 13.4. The van der Waals surface area contributed by atoms with Crippen molar-refractivity contribution in [1.82, 2.24) is 0 Å². The van der Waals surface area contributed by atoms with Crippen LogP contribution in [0.5, 0.6) is 0 Å². The van der Waals surface area contributed by atoms with E-state index in [1.807, 2.05) is 21.1 Å². The fourth-order valence-electron chi connectivity index (χ4n) is 5.84. The van der Waals surface area contributed by atoms with Crippen LogP contribution in [0.1, 0.15) is 168 Å². The van der Waals surface area contributed by atoms with E-state index in [-0.39, 0.29) is 25.8 Å². The van der Waals surface area contributed by atoms with Crippen molar-refractivity contribution in [2.24, 2.45) is 0 Å². The zero-order valence-corrected chi connectivity index (χ0v) is 39.3. The molecule has 8 nitrogen and oxygen atoms in total. The number of carbonyl (C=O) groups is 1. The molecule has 0 heterocycles. The molecule has 59 heavy (non-hydrogen) atoms. The lowest BCUT2D eigenvalue weighted by atomic mass is 10.1. The predicted molar refractivity (Wildman–Crippen MR) is 249 cm³/mol. The quantitative estimate of drug-likeness (QED) is 0.0199. The molecule has 340 valence electrons. The summed E-state index contributed by atoms with van der Waals surface area (Å²) in [5, 5.41) is 0. The smallest absolute Gasteiger partial charge is 0.306 e. The Morgan fingerprint density at radius 3 is 1.47 bits per heavy atom. The first-order valence-corrected chi connectivity index (χ1v) is 24.8. The number of phosphoric ester groups is 1. The summed E-state index contributed by atoms with van der Waals surface area (Å²) >= 11 is 0. The number of likely N-dealkylation sites (N-methyl/N-ethyl adjacent to an activating group) is 1. The van der Waals surface area contributed by atoms with E-state index in [4.69, 9.17) is 18.5 Å². The number of unbranched alkanes of at least 4 members (excludes halogenated alkanes) is 14. The molecule has 0 radical (unpaired) electrons. The van der Waals surface area contributed by atoms with Gasteiger partial charge in [0.1, 0.15) is 19.3 Å². The number of nitrogens with zero attached hydrogens (tertiary/aromatic N) is 1. The van der Waals surface area contributed by atoms with Gasteiger partial charge in [-0.1, -0.05) is 163 Å². The number of rotatable bonds is 42. The SMILES string of the molecule is CC/C=C\C/C=C\C/C=C\C/C=C\C/C=C\CCCCCCCCCCOCC(COP(=O)([O-])OCC[N+](C)(C)C)OC(=O)CCCCCCC/C=C\C/C=C\CCC. The van der Waals surface area contributed by atoms with Crippen molar-refractivity contribution in [3.63, 3.8) is 0 Å². The summed E-state index contributed by atoms with van der Waals surface area (Å²) in [6.45, 7) is 5.17. The molecule has 0 bridgehead atoms. The molecule has 0 amide bonds.